The summed E-state index contributed by atoms with van der Waals surface area (Å²) < 4.78 is 5.79. The van der Waals surface area contributed by atoms with Crippen molar-refractivity contribution in [3.05, 3.63) is 122 Å². The molecule has 0 aliphatic carbocycles. The van der Waals surface area contributed by atoms with Crippen LogP contribution in [0.2, 0.25) is 0 Å². The molecule has 6 aromatic rings. The van der Waals surface area contributed by atoms with E-state index in [4.69, 9.17) is 26.9 Å². The molecule has 1 amide bonds. The molecule has 0 spiro atoms. The van der Waals surface area contributed by atoms with E-state index >= 15 is 0 Å². The van der Waals surface area contributed by atoms with Gasteiger partial charge in [0.1, 0.15) is 5.75 Å². The summed E-state index contributed by atoms with van der Waals surface area (Å²) in [6.45, 7) is 8.59. The van der Waals surface area contributed by atoms with Crippen LogP contribution in [0.4, 0.5) is 5.69 Å². The second kappa shape index (κ2) is 11.2. The average Bonchev–Trinajstić information content (AvgIpc) is 3.00. The molecular formula is C34H26N4O2S. The molecule has 0 saturated carbocycles. The summed E-state index contributed by atoms with van der Waals surface area (Å²) in [4.78, 5) is 24.9. The predicted octanol–water partition coefficient (Wildman–Crippen LogP) is 7.68. The fourth-order valence-electron chi connectivity index (χ4n) is 4.93. The third-order valence-electron chi connectivity index (χ3n) is 6.86. The molecule has 0 aliphatic heterocycles. The Labute approximate surface area is 242 Å². The van der Waals surface area contributed by atoms with Gasteiger partial charge in [-0.2, -0.15) is 0 Å². The van der Waals surface area contributed by atoms with Crippen LogP contribution in [0.25, 0.3) is 43.6 Å². The number of aromatic nitrogens is 2. The number of hydrogen-bond donors (Lipinski definition) is 1. The minimum Gasteiger partial charge on any atom is -0.432 e. The van der Waals surface area contributed by atoms with Crippen LogP contribution >= 0.6 is 12.2 Å². The van der Waals surface area contributed by atoms with E-state index in [1.807, 2.05) is 47.4 Å². The van der Waals surface area contributed by atoms with E-state index in [0.717, 1.165) is 38.1 Å². The Hall–Kier alpha value is -5.14. The molecule has 0 atom stereocenters. The summed E-state index contributed by atoms with van der Waals surface area (Å²) in [5.74, 6) is 0.292. The van der Waals surface area contributed by atoms with Gasteiger partial charge in [0.2, 0.25) is 0 Å². The fourth-order valence-corrected chi connectivity index (χ4v) is 5.18. The molecule has 6 rings (SSSR count). The molecule has 5 aromatic carbocycles. The van der Waals surface area contributed by atoms with E-state index < -0.39 is 0 Å². The summed E-state index contributed by atoms with van der Waals surface area (Å²) in [7, 11) is 0. The van der Waals surface area contributed by atoms with E-state index in [1.54, 1.807) is 36.4 Å². The normalized spacial score (nSPS) is 11.0. The molecule has 0 bridgehead atoms. The first-order valence-electron chi connectivity index (χ1n) is 13.2. The molecule has 1 N–H and O–H groups in total. The highest BCUT2D eigenvalue weighted by Crippen LogP contribution is 2.34. The number of anilines is 1. The first kappa shape index (κ1) is 26.1. The van der Waals surface area contributed by atoms with Gasteiger partial charge in [0.05, 0.1) is 22.1 Å². The number of carbonyl (C=O) groups is 1. The second-order valence-corrected chi connectivity index (χ2v) is 9.89. The van der Waals surface area contributed by atoms with E-state index in [1.165, 1.54) is 0 Å². The molecule has 7 heteroatoms. The second-order valence-electron chi connectivity index (χ2n) is 9.54. The lowest BCUT2D eigenvalue weighted by Crippen LogP contribution is -2.33. The van der Waals surface area contributed by atoms with Crippen LogP contribution in [0.5, 0.6) is 5.75 Å². The smallest absolute Gasteiger partial charge is 0.265 e. The highest BCUT2D eigenvalue weighted by molar-refractivity contribution is 7.80. The van der Waals surface area contributed by atoms with Crippen LogP contribution in [0.15, 0.2) is 116 Å². The molecule has 0 saturated heterocycles. The Morgan fingerprint density at radius 1 is 0.780 bits per heavy atom. The monoisotopic (exact) mass is 554 g/mol. The summed E-state index contributed by atoms with van der Waals surface area (Å²) >= 11 is 5.39. The van der Waals surface area contributed by atoms with Crippen LogP contribution in [-0.2, 0) is 0 Å². The number of carbonyl (C=O) groups excluding carboxylic acids is 1. The molecule has 41 heavy (non-hydrogen) atoms. The molecule has 0 radical (unpaired) electrons. The lowest BCUT2D eigenvalue weighted by Gasteiger charge is -2.21. The summed E-state index contributed by atoms with van der Waals surface area (Å²) in [5, 5.41) is 7.68. The predicted molar refractivity (Wildman–Crippen MR) is 172 cm³/mol. The molecule has 6 nitrogen and oxygen atoms in total. The Bertz CT molecular complexity index is 1980. The number of benzene rings is 5. The largest absolute Gasteiger partial charge is 0.432 e. The van der Waals surface area contributed by atoms with Crippen molar-refractivity contribution >= 4 is 72.6 Å². The van der Waals surface area contributed by atoms with Crippen molar-refractivity contribution < 1.29 is 9.53 Å². The zero-order valence-corrected chi connectivity index (χ0v) is 23.0. The first-order chi connectivity index (χ1) is 20.1. The van der Waals surface area contributed by atoms with Crippen LogP contribution in [0.3, 0.4) is 0 Å². The average molecular weight is 555 g/mol. The summed E-state index contributed by atoms with van der Waals surface area (Å²) in [6, 6.07) is 28.9. The topological polar surface area (TPSA) is 67.3 Å². The van der Waals surface area contributed by atoms with Crippen LogP contribution in [0.1, 0.15) is 10.4 Å². The van der Waals surface area contributed by atoms with E-state index in [0.29, 0.717) is 40.8 Å². The lowest BCUT2D eigenvalue weighted by molar-refractivity contribution is 0.102. The van der Waals surface area contributed by atoms with Crippen molar-refractivity contribution in [2.24, 2.45) is 0 Å². The minimum absolute atomic E-state index is 0.247. The number of nitrogens with one attached hydrogen (secondary N) is 1. The molecule has 200 valence electrons. The van der Waals surface area contributed by atoms with Gasteiger partial charge in [-0.05, 0) is 65.5 Å². The van der Waals surface area contributed by atoms with Crippen LogP contribution in [-0.4, -0.2) is 39.0 Å². The van der Waals surface area contributed by atoms with Crippen molar-refractivity contribution in [3.63, 3.8) is 0 Å². The van der Waals surface area contributed by atoms with Crippen molar-refractivity contribution in [3.8, 4) is 5.75 Å². The maximum Gasteiger partial charge on any atom is 0.265 e. The minimum atomic E-state index is -0.247. The number of rotatable bonds is 7. The highest BCUT2D eigenvalue weighted by Gasteiger charge is 2.14. The van der Waals surface area contributed by atoms with E-state index in [-0.39, 0.29) is 5.91 Å². The van der Waals surface area contributed by atoms with Gasteiger partial charge in [0.15, 0.2) is 0 Å². The highest BCUT2D eigenvalue weighted by atomic mass is 32.1. The zero-order chi connectivity index (χ0) is 28.3. The number of fused-ring (bicyclic) bond motifs is 7. The maximum absolute atomic E-state index is 13.1. The third kappa shape index (κ3) is 5.11. The Kier molecular flexibility index (Phi) is 7.10. The van der Waals surface area contributed by atoms with E-state index in [9.17, 15) is 4.79 Å². The molecule has 0 aliphatic rings. The first-order valence-corrected chi connectivity index (χ1v) is 13.6. The Morgan fingerprint density at radius 2 is 1.34 bits per heavy atom. The lowest BCUT2D eigenvalue weighted by atomic mass is 9.99. The molecule has 0 unspecified atom stereocenters. The SMILES string of the molecule is C=CCN(CC=C)C(=S)Oc1ccc(C(=O)Nc2ccc3nc4c5ccccc5c5ccccc5c4nc3c2)cc1. The number of nitrogens with zero attached hydrogens (tertiary/aromatic N) is 3. The number of amides is 1. The molecule has 1 heterocycles. The zero-order valence-electron chi connectivity index (χ0n) is 22.2. The standard InChI is InChI=1S/C34H26N4O2S/c1-3-19-38(20-4-2)34(41)40-24-16-13-22(14-17-24)33(39)35-23-15-18-29-30(21-23)37-32-28-12-8-6-10-26(28)25-9-5-7-11-27(25)31(32)36-29/h3-18,21H,1-2,19-20H2,(H,35,39). The van der Waals surface area contributed by atoms with Crippen molar-refractivity contribution in [2.75, 3.05) is 18.4 Å². The van der Waals surface area contributed by atoms with Gasteiger partial charge in [0.25, 0.3) is 11.1 Å². The van der Waals surface area contributed by atoms with Gasteiger partial charge >= 0.3 is 0 Å². The van der Waals surface area contributed by atoms with Gasteiger partial charge in [-0.1, -0.05) is 60.7 Å². The van der Waals surface area contributed by atoms with Crippen molar-refractivity contribution in [2.45, 2.75) is 0 Å². The Balaban J connectivity index is 1.26. The number of hydrogen-bond acceptors (Lipinski definition) is 5. The molecular weight excluding hydrogens is 528 g/mol. The summed E-state index contributed by atoms with van der Waals surface area (Å²) in [5.41, 5.74) is 4.28. The quantitative estimate of drug-likeness (QED) is 0.0945. The third-order valence-corrected chi connectivity index (χ3v) is 7.20. The summed E-state index contributed by atoms with van der Waals surface area (Å²) in [6.07, 6.45) is 3.50. The van der Waals surface area contributed by atoms with Gasteiger partial charge in [-0.15, -0.1) is 13.2 Å². The molecule has 0 fully saturated rings. The molecule has 1 aromatic heterocycles. The number of ether oxygens (including phenoxy) is 1. The van der Waals surface area contributed by atoms with Gasteiger partial charge in [-0.25, -0.2) is 9.97 Å². The van der Waals surface area contributed by atoms with Gasteiger partial charge in [-0.3, -0.25) is 4.79 Å². The van der Waals surface area contributed by atoms with Crippen molar-refractivity contribution in [1.29, 1.82) is 0 Å². The Morgan fingerprint density at radius 3 is 1.93 bits per heavy atom. The van der Waals surface area contributed by atoms with Gasteiger partial charge in [0, 0.05) is 35.1 Å². The van der Waals surface area contributed by atoms with Crippen molar-refractivity contribution in [1.82, 2.24) is 14.9 Å². The van der Waals surface area contributed by atoms with Crippen LogP contribution < -0.4 is 10.1 Å². The van der Waals surface area contributed by atoms with Crippen LogP contribution in [0, 0.1) is 0 Å². The van der Waals surface area contributed by atoms with Gasteiger partial charge < -0.3 is 15.0 Å². The van der Waals surface area contributed by atoms with E-state index in [2.05, 4.69) is 42.7 Å². The fraction of sp³-hybridized carbons (Fsp3) is 0.0588. The number of thiocarbonyl (C=S) groups is 1. The maximum atomic E-state index is 13.1.